The quantitative estimate of drug-likeness (QED) is 0.745. The summed E-state index contributed by atoms with van der Waals surface area (Å²) in [4.78, 5) is 26.5. The molecule has 1 aliphatic carbocycles. The van der Waals surface area contributed by atoms with Gasteiger partial charge in [-0.25, -0.2) is 5.43 Å². The lowest BCUT2D eigenvalue weighted by atomic mass is 9.72. The predicted octanol–water partition coefficient (Wildman–Crippen LogP) is 3.19. The molecule has 6 nitrogen and oxygen atoms in total. The molecule has 1 atom stereocenters. The minimum Gasteiger partial charge on any atom is -0.328 e. The second-order valence-corrected chi connectivity index (χ2v) is 7.45. The second-order valence-electron chi connectivity index (χ2n) is 7.45. The lowest BCUT2D eigenvalue weighted by Gasteiger charge is -2.34. The van der Waals surface area contributed by atoms with Crippen LogP contribution in [0.15, 0.2) is 28.3 Å². The van der Waals surface area contributed by atoms with Gasteiger partial charge in [0.25, 0.3) is 5.56 Å². The third-order valence-corrected chi connectivity index (χ3v) is 5.09. The van der Waals surface area contributed by atoms with E-state index in [9.17, 15) is 9.70 Å². The fourth-order valence-electron chi connectivity index (χ4n) is 3.57. The van der Waals surface area contributed by atoms with E-state index in [-0.39, 0.29) is 17.3 Å². The number of nitrogens with one attached hydrogen (secondary N) is 3. The Balaban J connectivity index is 1.79. The van der Waals surface area contributed by atoms with Crippen LogP contribution in [0.5, 0.6) is 0 Å². The highest BCUT2D eigenvalue weighted by Crippen LogP contribution is 2.39. The van der Waals surface area contributed by atoms with E-state index < -0.39 is 0 Å². The molecular formula is C17H24N4O2. The van der Waals surface area contributed by atoms with Gasteiger partial charge in [0, 0.05) is 11.9 Å². The Kier molecular flexibility index (Phi) is 4.35. The maximum Gasteiger partial charge on any atom is 0.255 e. The number of hydrogen-bond acceptors (Lipinski definition) is 5. The van der Waals surface area contributed by atoms with Crippen LogP contribution in [-0.4, -0.2) is 4.98 Å². The number of H-pyrrole nitrogens is 1. The molecule has 0 bridgehead atoms. The van der Waals surface area contributed by atoms with Crippen molar-refractivity contribution in [1.82, 2.24) is 15.8 Å². The van der Waals surface area contributed by atoms with E-state index in [2.05, 4.69) is 34.9 Å². The Bertz CT molecular complexity index is 668. The largest absolute Gasteiger partial charge is 0.328 e. The zero-order valence-corrected chi connectivity index (χ0v) is 13.7. The summed E-state index contributed by atoms with van der Waals surface area (Å²) >= 11 is 0. The zero-order valence-electron chi connectivity index (χ0n) is 13.7. The number of rotatable bonds is 4. The lowest BCUT2D eigenvalue weighted by molar-refractivity contribution is 0.190. The molecule has 1 saturated carbocycles. The van der Waals surface area contributed by atoms with Crippen molar-refractivity contribution in [1.29, 1.82) is 0 Å². The van der Waals surface area contributed by atoms with Gasteiger partial charge in [0.2, 0.25) is 0 Å². The van der Waals surface area contributed by atoms with Gasteiger partial charge in [-0.05, 0) is 60.8 Å². The highest BCUT2D eigenvalue weighted by atomic mass is 16.3. The van der Waals surface area contributed by atoms with Crippen molar-refractivity contribution in [2.75, 3.05) is 0 Å². The van der Waals surface area contributed by atoms with Crippen molar-refractivity contribution in [3.8, 4) is 0 Å². The summed E-state index contributed by atoms with van der Waals surface area (Å²) in [6, 6.07) is 1.41. The van der Waals surface area contributed by atoms with Crippen LogP contribution in [-0.2, 0) is 6.42 Å². The lowest BCUT2D eigenvalue weighted by Crippen LogP contribution is -2.29. The molecule has 1 aromatic heterocycles. The van der Waals surface area contributed by atoms with Gasteiger partial charge < -0.3 is 10.4 Å². The monoisotopic (exact) mass is 316 g/mol. The highest BCUT2D eigenvalue weighted by Gasteiger charge is 2.27. The first-order valence-corrected chi connectivity index (χ1v) is 8.26. The van der Waals surface area contributed by atoms with Crippen LogP contribution in [0, 0.1) is 16.2 Å². The molecule has 23 heavy (non-hydrogen) atoms. The SMILES string of the molecule is CC1(C)CCC(Cc2cc(N=O)c(C3C=CNN3)c(=O)[nH]2)CC1. The molecule has 0 aromatic carbocycles. The molecule has 0 radical (unpaired) electrons. The van der Waals surface area contributed by atoms with Crippen LogP contribution in [0.25, 0.3) is 0 Å². The Hall–Kier alpha value is -1.95. The molecule has 0 saturated heterocycles. The van der Waals surface area contributed by atoms with Crippen molar-refractivity contribution in [2.24, 2.45) is 16.5 Å². The summed E-state index contributed by atoms with van der Waals surface area (Å²) in [6.07, 6.45) is 9.05. The number of aromatic nitrogens is 1. The van der Waals surface area contributed by atoms with Gasteiger partial charge in [0.05, 0.1) is 11.6 Å². The van der Waals surface area contributed by atoms with E-state index in [4.69, 9.17) is 0 Å². The zero-order chi connectivity index (χ0) is 16.4. The van der Waals surface area contributed by atoms with Crippen LogP contribution in [0.1, 0.15) is 56.8 Å². The van der Waals surface area contributed by atoms with Gasteiger partial charge in [-0.1, -0.05) is 13.8 Å². The fourth-order valence-corrected chi connectivity index (χ4v) is 3.57. The highest BCUT2D eigenvalue weighted by molar-refractivity contribution is 5.49. The van der Waals surface area contributed by atoms with Crippen molar-refractivity contribution in [3.63, 3.8) is 0 Å². The van der Waals surface area contributed by atoms with Crippen molar-refractivity contribution in [2.45, 2.75) is 52.0 Å². The maximum atomic E-state index is 12.4. The average Bonchev–Trinajstić information content (AvgIpc) is 3.02. The number of hydrazine groups is 1. The molecular weight excluding hydrogens is 292 g/mol. The van der Waals surface area contributed by atoms with E-state index in [0.29, 0.717) is 16.9 Å². The van der Waals surface area contributed by atoms with Gasteiger partial charge in [0.1, 0.15) is 5.69 Å². The first-order chi connectivity index (χ1) is 11.0. The van der Waals surface area contributed by atoms with Gasteiger partial charge >= 0.3 is 0 Å². The van der Waals surface area contributed by atoms with Crippen LogP contribution in [0.3, 0.4) is 0 Å². The molecule has 1 aliphatic heterocycles. The van der Waals surface area contributed by atoms with Crippen LogP contribution in [0.2, 0.25) is 0 Å². The molecule has 3 rings (SSSR count). The summed E-state index contributed by atoms with van der Waals surface area (Å²) in [6.45, 7) is 4.62. The molecule has 1 aromatic rings. The van der Waals surface area contributed by atoms with Gasteiger partial charge in [-0.15, -0.1) is 4.91 Å². The summed E-state index contributed by atoms with van der Waals surface area (Å²) in [5.41, 5.74) is 7.33. The number of hydrogen-bond donors (Lipinski definition) is 3. The number of aromatic amines is 1. The minimum absolute atomic E-state index is 0.228. The van der Waals surface area contributed by atoms with Crippen LogP contribution in [0.4, 0.5) is 5.69 Å². The maximum absolute atomic E-state index is 12.4. The Morgan fingerprint density at radius 2 is 2.04 bits per heavy atom. The molecule has 2 heterocycles. The summed E-state index contributed by atoms with van der Waals surface area (Å²) in [7, 11) is 0. The van der Waals surface area contributed by atoms with Crippen LogP contribution >= 0.6 is 0 Å². The molecule has 3 N–H and O–H groups in total. The number of nitrogens with zero attached hydrogens (tertiary/aromatic N) is 1. The summed E-state index contributed by atoms with van der Waals surface area (Å²) in [5, 5.41) is 3.08. The summed E-state index contributed by atoms with van der Waals surface area (Å²) < 4.78 is 0. The molecule has 124 valence electrons. The van der Waals surface area contributed by atoms with E-state index >= 15 is 0 Å². The van der Waals surface area contributed by atoms with E-state index in [1.807, 2.05) is 0 Å². The van der Waals surface area contributed by atoms with Gasteiger partial charge in [-0.2, -0.15) is 0 Å². The molecule has 0 amide bonds. The fraction of sp³-hybridized carbons (Fsp3) is 0.588. The first-order valence-electron chi connectivity index (χ1n) is 8.26. The normalized spacial score (nSPS) is 23.7. The Morgan fingerprint density at radius 3 is 2.65 bits per heavy atom. The van der Waals surface area contributed by atoms with E-state index in [1.165, 1.54) is 12.8 Å². The second kappa shape index (κ2) is 6.28. The number of pyridine rings is 1. The molecule has 1 fully saturated rings. The van der Waals surface area contributed by atoms with Crippen molar-refractivity contribution < 1.29 is 0 Å². The average molecular weight is 316 g/mol. The predicted molar refractivity (Wildman–Crippen MR) is 90.1 cm³/mol. The van der Waals surface area contributed by atoms with Crippen LogP contribution < -0.4 is 16.4 Å². The molecule has 1 unspecified atom stereocenters. The van der Waals surface area contributed by atoms with Crippen molar-refractivity contribution in [3.05, 3.63) is 44.9 Å². The summed E-state index contributed by atoms with van der Waals surface area (Å²) in [5.74, 6) is 0.565. The third-order valence-electron chi connectivity index (χ3n) is 5.09. The van der Waals surface area contributed by atoms with E-state index in [1.54, 1.807) is 18.3 Å². The molecule has 2 aliphatic rings. The van der Waals surface area contributed by atoms with Gasteiger partial charge in [-0.3, -0.25) is 4.79 Å². The topological polar surface area (TPSA) is 86.3 Å². The van der Waals surface area contributed by atoms with Crippen molar-refractivity contribution >= 4 is 5.69 Å². The molecule has 6 heteroatoms. The Morgan fingerprint density at radius 1 is 1.30 bits per heavy atom. The Labute approximate surface area is 135 Å². The standard InChI is InChI=1S/C17H24N4O2/c1-17(2)6-3-11(4-7-17)9-12-10-14(21-23)15(16(22)19-12)13-5-8-18-20-13/h5,8,10-11,13,18,20H,3-4,6-7,9H2,1-2H3,(H,19,22). The first kappa shape index (κ1) is 15.9. The van der Waals surface area contributed by atoms with Gasteiger partial charge in [0.15, 0.2) is 0 Å². The smallest absolute Gasteiger partial charge is 0.255 e. The van der Waals surface area contributed by atoms with E-state index in [0.717, 1.165) is 25.0 Å². The number of nitroso groups, excluding NO2 is 1. The third kappa shape index (κ3) is 3.52. The molecule has 0 spiro atoms. The minimum atomic E-state index is -0.323.